The van der Waals surface area contributed by atoms with Gasteiger partial charge in [0.1, 0.15) is 0 Å². The van der Waals surface area contributed by atoms with Crippen molar-refractivity contribution in [3.63, 3.8) is 0 Å². The van der Waals surface area contributed by atoms with E-state index in [-0.39, 0.29) is 0 Å². The lowest BCUT2D eigenvalue weighted by Gasteiger charge is -2.25. The highest BCUT2D eigenvalue weighted by atomic mass is 16.5. The third kappa shape index (κ3) is 15.9. The van der Waals surface area contributed by atoms with Crippen LogP contribution in [0.3, 0.4) is 0 Å². The zero-order valence-electron chi connectivity index (χ0n) is 13.6. The molecule has 0 amide bonds. The maximum absolute atomic E-state index is 9.69. The van der Waals surface area contributed by atoms with Gasteiger partial charge in [-0.3, -0.25) is 0 Å². The minimum atomic E-state index is -0.495. The zero-order chi connectivity index (χ0) is 14.4. The highest BCUT2D eigenvalue weighted by molar-refractivity contribution is 4.72. The van der Waals surface area contributed by atoms with Crippen LogP contribution in [0.1, 0.15) is 80.1 Å². The average Bonchev–Trinajstić information content (AvgIpc) is 2.29. The van der Waals surface area contributed by atoms with Crippen LogP contribution in [-0.2, 0) is 4.74 Å². The van der Waals surface area contributed by atoms with Gasteiger partial charge in [0.15, 0.2) is 0 Å². The maximum atomic E-state index is 9.69. The number of hydrogen-bond acceptors (Lipinski definition) is 2. The van der Waals surface area contributed by atoms with Crippen LogP contribution in [0, 0.1) is 5.92 Å². The Balaban J connectivity index is 0. The Morgan fingerprint density at radius 2 is 1.44 bits per heavy atom. The minimum absolute atomic E-state index is 0.425. The molecule has 2 heteroatoms. The first-order valence-electron chi connectivity index (χ1n) is 7.70. The third-order valence-corrected chi connectivity index (χ3v) is 3.35. The van der Waals surface area contributed by atoms with Crippen molar-refractivity contribution < 1.29 is 9.84 Å². The highest BCUT2D eigenvalue weighted by Crippen LogP contribution is 2.22. The fourth-order valence-electron chi connectivity index (χ4n) is 1.61. The second-order valence-corrected chi connectivity index (χ2v) is 5.54. The first-order chi connectivity index (χ1) is 8.40. The second kappa shape index (κ2) is 13.4. The molecule has 0 aliphatic carbocycles. The van der Waals surface area contributed by atoms with Crippen LogP contribution in [0.4, 0.5) is 0 Å². The van der Waals surface area contributed by atoms with Crippen LogP contribution >= 0.6 is 0 Å². The topological polar surface area (TPSA) is 29.5 Å². The fraction of sp³-hybridized carbons (Fsp3) is 1.00. The SMILES string of the molecule is CCCCCCCC(C)C(C)(C)O.CCOCC. The molecule has 0 saturated carbocycles. The molecule has 1 atom stereocenters. The van der Waals surface area contributed by atoms with Gasteiger partial charge in [0, 0.05) is 13.2 Å². The Kier molecular flexibility index (Phi) is 15.0. The molecule has 0 aromatic heterocycles. The van der Waals surface area contributed by atoms with Gasteiger partial charge >= 0.3 is 0 Å². The zero-order valence-corrected chi connectivity index (χ0v) is 13.6. The van der Waals surface area contributed by atoms with Crippen LogP contribution < -0.4 is 0 Å². The molecule has 0 aliphatic rings. The van der Waals surface area contributed by atoms with E-state index in [4.69, 9.17) is 4.74 Å². The Bertz CT molecular complexity index is 148. The Labute approximate surface area is 115 Å². The van der Waals surface area contributed by atoms with Crippen molar-refractivity contribution in [3.8, 4) is 0 Å². The van der Waals surface area contributed by atoms with E-state index < -0.39 is 5.60 Å². The van der Waals surface area contributed by atoms with Crippen molar-refractivity contribution in [2.75, 3.05) is 13.2 Å². The van der Waals surface area contributed by atoms with E-state index in [1.807, 2.05) is 27.7 Å². The number of rotatable bonds is 9. The van der Waals surface area contributed by atoms with Crippen molar-refractivity contribution >= 4 is 0 Å². The molecule has 0 spiro atoms. The van der Waals surface area contributed by atoms with Gasteiger partial charge in [-0.15, -0.1) is 0 Å². The minimum Gasteiger partial charge on any atom is -0.390 e. The summed E-state index contributed by atoms with van der Waals surface area (Å²) in [6.45, 7) is 13.9. The first kappa shape index (κ1) is 20.2. The summed E-state index contributed by atoms with van der Waals surface area (Å²) in [4.78, 5) is 0. The van der Waals surface area contributed by atoms with E-state index in [0.29, 0.717) is 5.92 Å². The molecule has 2 nitrogen and oxygen atoms in total. The molecular weight excluding hydrogens is 224 g/mol. The lowest BCUT2D eigenvalue weighted by atomic mass is 9.88. The number of unbranched alkanes of at least 4 members (excludes halogenated alkanes) is 4. The van der Waals surface area contributed by atoms with Crippen molar-refractivity contribution in [2.24, 2.45) is 5.92 Å². The molecule has 112 valence electrons. The average molecular weight is 260 g/mol. The van der Waals surface area contributed by atoms with Gasteiger partial charge in [-0.2, -0.15) is 0 Å². The van der Waals surface area contributed by atoms with Gasteiger partial charge in [0.25, 0.3) is 0 Å². The Morgan fingerprint density at radius 1 is 0.944 bits per heavy atom. The van der Waals surface area contributed by atoms with E-state index >= 15 is 0 Å². The predicted molar refractivity (Wildman–Crippen MR) is 81.0 cm³/mol. The number of ether oxygens (including phenoxy) is 1. The maximum Gasteiger partial charge on any atom is 0.0617 e. The third-order valence-electron chi connectivity index (χ3n) is 3.35. The van der Waals surface area contributed by atoms with Gasteiger partial charge in [0.05, 0.1) is 5.60 Å². The van der Waals surface area contributed by atoms with Crippen LogP contribution in [0.2, 0.25) is 0 Å². The summed E-state index contributed by atoms with van der Waals surface area (Å²) in [5.74, 6) is 0.425. The van der Waals surface area contributed by atoms with Crippen molar-refractivity contribution in [3.05, 3.63) is 0 Å². The lowest BCUT2D eigenvalue weighted by molar-refractivity contribution is 0.0203. The molecule has 1 unspecified atom stereocenters. The van der Waals surface area contributed by atoms with Crippen LogP contribution in [0.25, 0.3) is 0 Å². The highest BCUT2D eigenvalue weighted by Gasteiger charge is 2.21. The van der Waals surface area contributed by atoms with Crippen molar-refractivity contribution in [2.45, 2.75) is 85.7 Å². The van der Waals surface area contributed by atoms with Crippen molar-refractivity contribution in [1.82, 2.24) is 0 Å². The van der Waals surface area contributed by atoms with Gasteiger partial charge < -0.3 is 9.84 Å². The molecule has 0 fully saturated rings. The molecule has 0 aromatic carbocycles. The smallest absolute Gasteiger partial charge is 0.0617 e. The van der Waals surface area contributed by atoms with E-state index in [1.54, 1.807) is 0 Å². The summed E-state index contributed by atoms with van der Waals surface area (Å²) >= 11 is 0. The monoisotopic (exact) mass is 260 g/mol. The molecule has 18 heavy (non-hydrogen) atoms. The molecule has 1 N–H and O–H groups in total. The molecular formula is C16H36O2. The van der Waals surface area contributed by atoms with E-state index in [9.17, 15) is 5.11 Å². The number of aliphatic hydroxyl groups is 1. The second-order valence-electron chi connectivity index (χ2n) is 5.54. The molecule has 0 rings (SSSR count). The van der Waals surface area contributed by atoms with E-state index in [0.717, 1.165) is 19.6 Å². The fourth-order valence-corrected chi connectivity index (χ4v) is 1.61. The van der Waals surface area contributed by atoms with Gasteiger partial charge in [0.2, 0.25) is 0 Å². The summed E-state index contributed by atoms with van der Waals surface area (Å²) in [5.41, 5.74) is -0.495. The van der Waals surface area contributed by atoms with Gasteiger partial charge in [-0.1, -0.05) is 46.0 Å². The number of hydrogen-bond donors (Lipinski definition) is 1. The van der Waals surface area contributed by atoms with Crippen LogP contribution in [0.15, 0.2) is 0 Å². The molecule has 0 heterocycles. The summed E-state index contributed by atoms with van der Waals surface area (Å²) < 4.78 is 4.83. The summed E-state index contributed by atoms with van der Waals surface area (Å²) in [6, 6.07) is 0. The van der Waals surface area contributed by atoms with E-state index in [2.05, 4.69) is 13.8 Å². The summed E-state index contributed by atoms with van der Waals surface area (Å²) in [7, 11) is 0. The van der Waals surface area contributed by atoms with E-state index in [1.165, 1.54) is 32.1 Å². The summed E-state index contributed by atoms with van der Waals surface area (Å²) in [6.07, 6.45) is 7.78. The lowest BCUT2D eigenvalue weighted by Crippen LogP contribution is -2.28. The molecule has 0 bridgehead atoms. The predicted octanol–water partition coefficient (Wildman–Crippen LogP) is 4.80. The molecule has 0 aliphatic heterocycles. The van der Waals surface area contributed by atoms with Crippen LogP contribution in [0.5, 0.6) is 0 Å². The first-order valence-corrected chi connectivity index (χ1v) is 7.70. The van der Waals surface area contributed by atoms with Crippen LogP contribution in [-0.4, -0.2) is 23.9 Å². The summed E-state index contributed by atoms with van der Waals surface area (Å²) in [5, 5.41) is 9.69. The molecule has 0 saturated heterocycles. The largest absolute Gasteiger partial charge is 0.390 e. The van der Waals surface area contributed by atoms with Gasteiger partial charge in [-0.05, 0) is 40.0 Å². The van der Waals surface area contributed by atoms with Crippen molar-refractivity contribution in [1.29, 1.82) is 0 Å². The quantitative estimate of drug-likeness (QED) is 0.604. The molecule has 0 aromatic rings. The normalized spacial score (nSPS) is 12.8. The van der Waals surface area contributed by atoms with Gasteiger partial charge in [-0.25, -0.2) is 0 Å². The Hall–Kier alpha value is -0.0800. The Morgan fingerprint density at radius 3 is 1.78 bits per heavy atom. The standard InChI is InChI=1S/C12H26O.C4H10O/c1-5-6-7-8-9-10-11(2)12(3,4)13;1-3-5-4-2/h11,13H,5-10H2,1-4H3;3-4H2,1-2H3. The molecule has 0 radical (unpaired) electrons.